The highest BCUT2D eigenvalue weighted by Gasteiger charge is 2.12. The van der Waals surface area contributed by atoms with Gasteiger partial charge in [0.15, 0.2) is 0 Å². The topological polar surface area (TPSA) is 102 Å². The Bertz CT molecular complexity index is 731. The number of amides is 1. The quantitative estimate of drug-likeness (QED) is 0.492. The van der Waals surface area contributed by atoms with Crippen molar-refractivity contribution in [2.45, 2.75) is 32.1 Å². The molecule has 0 spiro atoms. The van der Waals surface area contributed by atoms with E-state index < -0.39 is 6.10 Å². The number of carbonyl (C=O) groups excluding carboxylic acids is 1. The molecular formula is C20H26N2O4. The Morgan fingerprint density at radius 3 is 2.46 bits per heavy atom. The van der Waals surface area contributed by atoms with Crippen LogP contribution in [0.25, 0.3) is 0 Å². The minimum atomic E-state index is -0.737. The van der Waals surface area contributed by atoms with Gasteiger partial charge in [0.25, 0.3) is 5.91 Å². The molecule has 0 aromatic heterocycles. The Balaban J connectivity index is 1.88. The van der Waals surface area contributed by atoms with Crippen LogP contribution >= 0.6 is 0 Å². The van der Waals surface area contributed by atoms with Gasteiger partial charge in [0, 0.05) is 30.8 Å². The lowest BCUT2D eigenvalue weighted by Gasteiger charge is -2.18. The van der Waals surface area contributed by atoms with Crippen LogP contribution in [0.4, 0.5) is 0 Å². The van der Waals surface area contributed by atoms with Crippen molar-refractivity contribution in [1.82, 2.24) is 10.6 Å². The molecule has 1 amide bonds. The van der Waals surface area contributed by atoms with E-state index in [2.05, 4.69) is 10.6 Å². The van der Waals surface area contributed by atoms with Gasteiger partial charge >= 0.3 is 0 Å². The Morgan fingerprint density at radius 1 is 1.15 bits per heavy atom. The van der Waals surface area contributed by atoms with Gasteiger partial charge < -0.3 is 26.0 Å². The highest BCUT2D eigenvalue weighted by atomic mass is 16.3. The Labute approximate surface area is 153 Å². The van der Waals surface area contributed by atoms with Gasteiger partial charge in [-0.15, -0.1) is 0 Å². The molecule has 0 fully saturated rings. The van der Waals surface area contributed by atoms with Crippen molar-refractivity contribution in [3.05, 3.63) is 64.7 Å². The minimum absolute atomic E-state index is 0.0185. The first kappa shape index (κ1) is 19.9. The van der Waals surface area contributed by atoms with Crippen molar-refractivity contribution in [2.24, 2.45) is 0 Å². The third kappa shape index (κ3) is 5.29. The van der Waals surface area contributed by atoms with Crippen LogP contribution in [0.5, 0.6) is 5.75 Å². The van der Waals surface area contributed by atoms with Crippen LogP contribution in [-0.2, 0) is 13.0 Å². The van der Waals surface area contributed by atoms with E-state index in [9.17, 15) is 20.1 Å². The van der Waals surface area contributed by atoms with Gasteiger partial charge in [0.1, 0.15) is 5.75 Å². The van der Waals surface area contributed by atoms with Crippen LogP contribution in [0.15, 0.2) is 42.5 Å². The molecule has 5 N–H and O–H groups in total. The molecule has 140 valence electrons. The average molecular weight is 358 g/mol. The van der Waals surface area contributed by atoms with Crippen LogP contribution in [0.2, 0.25) is 0 Å². The molecule has 26 heavy (non-hydrogen) atoms. The van der Waals surface area contributed by atoms with Gasteiger partial charge in [-0.25, -0.2) is 0 Å². The summed E-state index contributed by atoms with van der Waals surface area (Å²) >= 11 is 0. The highest BCUT2D eigenvalue weighted by molar-refractivity contribution is 5.93. The maximum atomic E-state index is 11.5. The van der Waals surface area contributed by atoms with Crippen molar-refractivity contribution in [2.75, 3.05) is 13.6 Å². The summed E-state index contributed by atoms with van der Waals surface area (Å²) in [5.74, 6) is -0.0908. The van der Waals surface area contributed by atoms with E-state index in [-0.39, 0.29) is 24.3 Å². The first-order valence-corrected chi connectivity index (χ1v) is 8.59. The zero-order valence-corrected chi connectivity index (χ0v) is 15.1. The van der Waals surface area contributed by atoms with Gasteiger partial charge in [-0.2, -0.15) is 0 Å². The van der Waals surface area contributed by atoms with Crippen LogP contribution < -0.4 is 10.6 Å². The summed E-state index contributed by atoms with van der Waals surface area (Å²) in [6, 6.07) is 12.3. The fourth-order valence-corrected chi connectivity index (χ4v) is 2.73. The lowest BCUT2D eigenvalue weighted by molar-refractivity contribution is 0.0963. The van der Waals surface area contributed by atoms with E-state index in [1.165, 1.54) is 6.07 Å². The normalized spacial score (nSPS) is 13.2. The fraction of sp³-hybridized carbons (Fsp3) is 0.350. The van der Waals surface area contributed by atoms with Crippen LogP contribution in [-0.4, -0.2) is 40.9 Å². The first-order valence-electron chi connectivity index (χ1n) is 8.59. The van der Waals surface area contributed by atoms with Crippen molar-refractivity contribution in [1.29, 1.82) is 0 Å². The van der Waals surface area contributed by atoms with Crippen LogP contribution in [0, 0.1) is 0 Å². The number of nitrogens with one attached hydrogen (secondary N) is 2. The standard InChI is InChI=1S/C20H26N2O4/c1-13(9-14-3-5-15(6-4-14)20(26)21-2)22-11-19(25)16-7-8-18(24)17(10-16)12-23/h3-8,10,13,19,22-25H,9,11-12H2,1-2H3,(H,21,26). The van der Waals surface area contributed by atoms with Crippen molar-refractivity contribution in [3.8, 4) is 5.75 Å². The number of carbonyl (C=O) groups is 1. The average Bonchev–Trinajstić information content (AvgIpc) is 2.66. The summed E-state index contributed by atoms with van der Waals surface area (Å²) in [6.45, 7) is 2.10. The third-order valence-electron chi connectivity index (χ3n) is 4.30. The molecule has 2 aromatic rings. The summed E-state index contributed by atoms with van der Waals surface area (Å²) in [5, 5.41) is 34.9. The summed E-state index contributed by atoms with van der Waals surface area (Å²) in [7, 11) is 1.60. The van der Waals surface area contributed by atoms with E-state index in [1.807, 2.05) is 19.1 Å². The maximum Gasteiger partial charge on any atom is 0.251 e. The smallest absolute Gasteiger partial charge is 0.251 e. The van der Waals surface area contributed by atoms with Gasteiger partial charge in [0.2, 0.25) is 0 Å². The molecule has 0 aliphatic carbocycles. The highest BCUT2D eigenvalue weighted by Crippen LogP contribution is 2.22. The number of rotatable bonds is 8. The predicted molar refractivity (Wildman–Crippen MR) is 100.0 cm³/mol. The number of phenols is 1. The van der Waals surface area contributed by atoms with Crippen LogP contribution in [0.1, 0.15) is 40.1 Å². The minimum Gasteiger partial charge on any atom is -0.508 e. The van der Waals surface area contributed by atoms with Gasteiger partial charge in [0.05, 0.1) is 12.7 Å². The number of benzene rings is 2. The molecule has 0 saturated heterocycles. The Hall–Kier alpha value is -2.41. The molecule has 6 nitrogen and oxygen atoms in total. The van der Waals surface area contributed by atoms with E-state index in [0.717, 1.165) is 12.0 Å². The van der Waals surface area contributed by atoms with E-state index in [0.29, 0.717) is 23.2 Å². The first-order chi connectivity index (χ1) is 12.4. The second kappa shape index (κ2) is 9.33. The van der Waals surface area contributed by atoms with E-state index >= 15 is 0 Å². The SMILES string of the molecule is CNC(=O)c1ccc(CC(C)NCC(O)c2ccc(O)c(CO)c2)cc1. The molecule has 0 saturated carbocycles. The summed E-state index contributed by atoms with van der Waals surface area (Å²) in [4.78, 5) is 11.5. The van der Waals surface area contributed by atoms with Gasteiger partial charge in [-0.3, -0.25) is 4.79 Å². The molecule has 0 heterocycles. The zero-order chi connectivity index (χ0) is 19.1. The lowest BCUT2D eigenvalue weighted by Crippen LogP contribution is -2.32. The summed E-state index contributed by atoms with van der Waals surface area (Å²) in [6.07, 6.45) is 0.0251. The molecule has 0 radical (unpaired) electrons. The molecule has 2 rings (SSSR count). The summed E-state index contributed by atoms with van der Waals surface area (Å²) in [5.41, 5.74) is 2.76. The molecule has 2 unspecified atom stereocenters. The molecule has 2 atom stereocenters. The molecule has 0 aliphatic heterocycles. The number of aliphatic hydroxyl groups is 2. The molecule has 0 bridgehead atoms. The molecular weight excluding hydrogens is 332 g/mol. The van der Waals surface area contributed by atoms with E-state index in [4.69, 9.17) is 0 Å². The van der Waals surface area contributed by atoms with Gasteiger partial charge in [-0.1, -0.05) is 18.2 Å². The second-order valence-electron chi connectivity index (χ2n) is 6.35. The Morgan fingerprint density at radius 2 is 1.85 bits per heavy atom. The van der Waals surface area contributed by atoms with Crippen molar-refractivity contribution in [3.63, 3.8) is 0 Å². The number of hydrogen-bond acceptors (Lipinski definition) is 5. The molecule has 2 aromatic carbocycles. The van der Waals surface area contributed by atoms with Gasteiger partial charge in [-0.05, 0) is 48.7 Å². The molecule has 6 heteroatoms. The Kier molecular flexibility index (Phi) is 7.15. The lowest BCUT2D eigenvalue weighted by atomic mass is 10.0. The maximum absolute atomic E-state index is 11.5. The third-order valence-corrected chi connectivity index (χ3v) is 4.30. The van der Waals surface area contributed by atoms with Crippen molar-refractivity contribution < 1.29 is 20.1 Å². The monoisotopic (exact) mass is 358 g/mol. The summed E-state index contributed by atoms with van der Waals surface area (Å²) < 4.78 is 0. The van der Waals surface area contributed by atoms with Crippen molar-refractivity contribution >= 4 is 5.91 Å². The largest absolute Gasteiger partial charge is 0.508 e. The predicted octanol–water partition coefficient (Wildman–Crippen LogP) is 1.50. The number of aromatic hydroxyl groups is 1. The van der Waals surface area contributed by atoms with E-state index in [1.54, 1.807) is 31.3 Å². The second-order valence-corrected chi connectivity index (χ2v) is 6.35. The molecule has 0 aliphatic rings. The number of hydrogen-bond donors (Lipinski definition) is 5. The van der Waals surface area contributed by atoms with Crippen LogP contribution in [0.3, 0.4) is 0 Å². The zero-order valence-electron chi connectivity index (χ0n) is 15.1. The number of aliphatic hydroxyl groups excluding tert-OH is 2. The fourth-order valence-electron chi connectivity index (χ4n) is 2.73.